The molecule has 0 aromatic carbocycles. The van der Waals surface area contributed by atoms with Crippen LogP contribution in [0.3, 0.4) is 0 Å². The molecular weight excluding hydrogens is 212 g/mol. The summed E-state index contributed by atoms with van der Waals surface area (Å²) in [5.74, 6) is 0.846. The molecule has 3 nitrogen and oxygen atoms in total. The summed E-state index contributed by atoms with van der Waals surface area (Å²) < 4.78 is 5.91. The van der Waals surface area contributed by atoms with E-state index >= 15 is 0 Å². The highest BCUT2D eigenvalue weighted by atomic mass is 16.5. The van der Waals surface area contributed by atoms with Gasteiger partial charge in [0, 0.05) is 25.2 Å². The molecule has 3 unspecified atom stereocenters. The molecule has 2 N–H and O–H groups in total. The Bertz CT molecular complexity index is 253. The Labute approximate surface area is 105 Å². The molecule has 3 rings (SSSR count). The molecule has 3 fully saturated rings. The number of ether oxygens (including phenoxy) is 1. The molecule has 0 spiro atoms. The van der Waals surface area contributed by atoms with E-state index < -0.39 is 0 Å². The molecule has 98 valence electrons. The lowest BCUT2D eigenvalue weighted by atomic mass is 9.90. The van der Waals surface area contributed by atoms with Crippen LogP contribution in [-0.4, -0.2) is 42.8 Å². The van der Waals surface area contributed by atoms with Gasteiger partial charge in [-0.3, -0.25) is 4.90 Å². The highest BCUT2D eigenvalue weighted by Gasteiger charge is 2.35. The quantitative estimate of drug-likeness (QED) is 0.811. The summed E-state index contributed by atoms with van der Waals surface area (Å²) in [6, 6.07) is 1.16. The molecule has 17 heavy (non-hydrogen) atoms. The number of rotatable bonds is 4. The molecule has 3 heteroatoms. The second kappa shape index (κ2) is 5.25. The van der Waals surface area contributed by atoms with Gasteiger partial charge >= 0.3 is 0 Å². The smallest absolute Gasteiger partial charge is 0.0730 e. The maximum Gasteiger partial charge on any atom is 0.0730 e. The van der Waals surface area contributed by atoms with Gasteiger partial charge in [-0.1, -0.05) is 12.8 Å². The Morgan fingerprint density at radius 1 is 1.18 bits per heavy atom. The van der Waals surface area contributed by atoms with Gasteiger partial charge in [0.05, 0.1) is 12.7 Å². The van der Waals surface area contributed by atoms with Crippen molar-refractivity contribution in [1.82, 2.24) is 4.90 Å². The summed E-state index contributed by atoms with van der Waals surface area (Å²) in [6.45, 7) is 3.25. The average molecular weight is 238 g/mol. The SMILES string of the molecule is NC(CCN1CCOC2CCCCC21)C1CC1. The van der Waals surface area contributed by atoms with E-state index in [0.29, 0.717) is 18.2 Å². The van der Waals surface area contributed by atoms with Crippen molar-refractivity contribution in [2.24, 2.45) is 11.7 Å². The van der Waals surface area contributed by atoms with Gasteiger partial charge in [-0.05, 0) is 38.0 Å². The van der Waals surface area contributed by atoms with E-state index in [-0.39, 0.29) is 0 Å². The van der Waals surface area contributed by atoms with Crippen molar-refractivity contribution in [3.8, 4) is 0 Å². The Kier molecular flexibility index (Phi) is 3.69. The van der Waals surface area contributed by atoms with Crippen LogP contribution in [0.15, 0.2) is 0 Å². The van der Waals surface area contributed by atoms with E-state index in [4.69, 9.17) is 10.5 Å². The van der Waals surface area contributed by atoms with Crippen LogP contribution < -0.4 is 5.73 Å². The normalized spacial score (nSPS) is 36.5. The molecule has 1 aliphatic heterocycles. The van der Waals surface area contributed by atoms with Crippen molar-refractivity contribution in [2.45, 2.75) is 63.1 Å². The molecule has 1 saturated heterocycles. The molecular formula is C14H26N2O. The number of morpholine rings is 1. The van der Waals surface area contributed by atoms with Gasteiger partial charge in [0.1, 0.15) is 0 Å². The Balaban J connectivity index is 1.50. The maximum atomic E-state index is 6.21. The summed E-state index contributed by atoms with van der Waals surface area (Å²) >= 11 is 0. The number of fused-ring (bicyclic) bond motifs is 1. The first kappa shape index (κ1) is 11.9. The fraction of sp³-hybridized carbons (Fsp3) is 1.00. The van der Waals surface area contributed by atoms with Crippen LogP contribution in [0.2, 0.25) is 0 Å². The molecule has 0 bridgehead atoms. The fourth-order valence-electron chi connectivity index (χ4n) is 3.53. The first-order valence-corrected chi connectivity index (χ1v) is 7.46. The van der Waals surface area contributed by atoms with Crippen molar-refractivity contribution in [2.75, 3.05) is 19.7 Å². The van der Waals surface area contributed by atoms with Gasteiger partial charge in [0.2, 0.25) is 0 Å². The summed E-state index contributed by atoms with van der Waals surface area (Å²) in [5.41, 5.74) is 6.21. The monoisotopic (exact) mass is 238 g/mol. The predicted octanol–water partition coefficient (Wildman–Crippen LogP) is 1.76. The Morgan fingerprint density at radius 3 is 2.82 bits per heavy atom. The van der Waals surface area contributed by atoms with Crippen LogP contribution in [-0.2, 0) is 4.74 Å². The van der Waals surface area contributed by atoms with Gasteiger partial charge in [0.25, 0.3) is 0 Å². The zero-order chi connectivity index (χ0) is 11.7. The Morgan fingerprint density at radius 2 is 2.00 bits per heavy atom. The molecule has 3 atom stereocenters. The zero-order valence-electron chi connectivity index (χ0n) is 10.8. The molecule has 3 aliphatic rings. The summed E-state index contributed by atoms with van der Waals surface area (Å²) in [7, 11) is 0. The van der Waals surface area contributed by atoms with Crippen LogP contribution in [0.25, 0.3) is 0 Å². The third-order valence-electron chi connectivity index (χ3n) is 4.82. The van der Waals surface area contributed by atoms with Crippen molar-refractivity contribution < 1.29 is 4.74 Å². The topological polar surface area (TPSA) is 38.5 Å². The number of hydrogen-bond donors (Lipinski definition) is 1. The average Bonchev–Trinajstić information content (AvgIpc) is 3.20. The molecule has 0 aromatic rings. The van der Waals surface area contributed by atoms with E-state index in [1.54, 1.807) is 0 Å². The lowest BCUT2D eigenvalue weighted by Gasteiger charge is -2.44. The van der Waals surface area contributed by atoms with Gasteiger partial charge in [-0.2, -0.15) is 0 Å². The summed E-state index contributed by atoms with van der Waals surface area (Å²) in [4.78, 5) is 2.66. The number of nitrogens with zero attached hydrogens (tertiary/aromatic N) is 1. The molecule has 2 aliphatic carbocycles. The molecule has 2 saturated carbocycles. The van der Waals surface area contributed by atoms with Gasteiger partial charge in [0.15, 0.2) is 0 Å². The third-order valence-corrected chi connectivity index (χ3v) is 4.82. The minimum Gasteiger partial charge on any atom is -0.375 e. The molecule has 0 radical (unpaired) electrons. The van der Waals surface area contributed by atoms with Gasteiger partial charge in [-0.15, -0.1) is 0 Å². The minimum absolute atomic E-state index is 0.458. The third kappa shape index (κ3) is 2.83. The van der Waals surface area contributed by atoms with E-state index in [1.165, 1.54) is 51.5 Å². The lowest BCUT2D eigenvalue weighted by molar-refractivity contribution is -0.0886. The zero-order valence-corrected chi connectivity index (χ0v) is 10.8. The predicted molar refractivity (Wildman–Crippen MR) is 68.9 cm³/mol. The molecule has 1 heterocycles. The fourth-order valence-corrected chi connectivity index (χ4v) is 3.53. The van der Waals surface area contributed by atoms with Crippen LogP contribution in [0.5, 0.6) is 0 Å². The van der Waals surface area contributed by atoms with E-state index in [9.17, 15) is 0 Å². The van der Waals surface area contributed by atoms with Crippen LogP contribution in [0, 0.1) is 5.92 Å². The summed E-state index contributed by atoms with van der Waals surface area (Å²) in [5, 5.41) is 0. The lowest BCUT2D eigenvalue weighted by Crippen LogP contribution is -2.53. The van der Waals surface area contributed by atoms with Crippen LogP contribution in [0.1, 0.15) is 44.9 Å². The van der Waals surface area contributed by atoms with Crippen molar-refractivity contribution in [3.63, 3.8) is 0 Å². The minimum atomic E-state index is 0.458. The number of hydrogen-bond acceptors (Lipinski definition) is 3. The van der Waals surface area contributed by atoms with E-state index in [0.717, 1.165) is 19.1 Å². The highest BCUT2D eigenvalue weighted by molar-refractivity contribution is 4.89. The first-order valence-electron chi connectivity index (χ1n) is 7.46. The highest BCUT2D eigenvalue weighted by Crippen LogP contribution is 2.33. The second-order valence-electron chi connectivity index (χ2n) is 6.09. The molecule has 0 aromatic heterocycles. The standard InChI is InChI=1S/C14H26N2O/c15-12(11-5-6-11)7-8-16-9-10-17-14-4-2-1-3-13(14)16/h11-14H,1-10,15H2. The first-order chi connectivity index (χ1) is 8.34. The number of nitrogens with two attached hydrogens (primary N) is 1. The van der Waals surface area contributed by atoms with Crippen LogP contribution >= 0.6 is 0 Å². The molecule has 0 amide bonds. The Hall–Kier alpha value is -0.120. The van der Waals surface area contributed by atoms with Crippen molar-refractivity contribution in [3.05, 3.63) is 0 Å². The largest absolute Gasteiger partial charge is 0.375 e. The maximum absolute atomic E-state index is 6.21. The summed E-state index contributed by atoms with van der Waals surface area (Å²) in [6.07, 6.45) is 9.81. The van der Waals surface area contributed by atoms with Gasteiger partial charge in [-0.25, -0.2) is 0 Å². The van der Waals surface area contributed by atoms with E-state index in [1.807, 2.05) is 0 Å². The second-order valence-corrected chi connectivity index (χ2v) is 6.09. The van der Waals surface area contributed by atoms with Crippen molar-refractivity contribution in [1.29, 1.82) is 0 Å². The van der Waals surface area contributed by atoms with Gasteiger partial charge < -0.3 is 10.5 Å². The van der Waals surface area contributed by atoms with E-state index in [2.05, 4.69) is 4.90 Å². The van der Waals surface area contributed by atoms with Crippen LogP contribution in [0.4, 0.5) is 0 Å². The van der Waals surface area contributed by atoms with Crippen molar-refractivity contribution >= 4 is 0 Å².